The smallest absolute Gasteiger partial charge is 0.327 e. The fourth-order valence-electron chi connectivity index (χ4n) is 1.26. The van der Waals surface area contributed by atoms with E-state index in [1.54, 1.807) is 0 Å². The van der Waals surface area contributed by atoms with Crippen LogP contribution in [-0.2, 0) is 11.3 Å². The van der Waals surface area contributed by atoms with Gasteiger partial charge in [-0.15, -0.1) is 0 Å². The van der Waals surface area contributed by atoms with Gasteiger partial charge < -0.3 is 5.73 Å². The summed E-state index contributed by atoms with van der Waals surface area (Å²) in [6, 6.07) is 0. The van der Waals surface area contributed by atoms with Gasteiger partial charge in [0.25, 0.3) is 5.56 Å². The molecule has 1 amide bonds. The van der Waals surface area contributed by atoms with Crippen molar-refractivity contribution in [3.8, 4) is 0 Å². The van der Waals surface area contributed by atoms with Crippen molar-refractivity contribution in [1.29, 1.82) is 0 Å². The van der Waals surface area contributed by atoms with Crippen molar-refractivity contribution >= 4 is 16.9 Å². The second kappa shape index (κ2) is 3.08. The van der Waals surface area contributed by atoms with E-state index >= 15 is 0 Å². The molecule has 2 aromatic heterocycles. The third kappa shape index (κ3) is 1.52. The molecule has 2 rings (SSSR count). The van der Waals surface area contributed by atoms with Gasteiger partial charge in [-0.2, -0.15) is 5.10 Å². The highest BCUT2D eigenvalue weighted by atomic mass is 16.2. The van der Waals surface area contributed by atoms with E-state index < -0.39 is 17.2 Å². The molecule has 78 valence electrons. The number of H-pyrrole nitrogens is 2. The number of fused-ring (bicyclic) bond motifs is 1. The van der Waals surface area contributed by atoms with Gasteiger partial charge in [-0.1, -0.05) is 0 Å². The molecule has 4 N–H and O–H groups in total. The number of carbonyl (C=O) groups excluding carboxylic acids is 1. The Balaban J connectivity index is 2.74. The molecule has 0 atom stereocenters. The number of hydrogen-bond donors (Lipinski definition) is 3. The third-order valence-corrected chi connectivity index (χ3v) is 1.85. The highest BCUT2D eigenvalue weighted by Crippen LogP contribution is 2.02. The first kappa shape index (κ1) is 9.19. The van der Waals surface area contributed by atoms with Crippen LogP contribution in [0.5, 0.6) is 0 Å². The lowest BCUT2D eigenvalue weighted by molar-refractivity contribution is -0.118. The fraction of sp³-hybridized carbons (Fsp3) is 0.143. The summed E-state index contributed by atoms with van der Waals surface area (Å²) in [6.07, 6.45) is 1.26. The van der Waals surface area contributed by atoms with Crippen LogP contribution in [-0.4, -0.2) is 25.7 Å². The van der Waals surface area contributed by atoms with Gasteiger partial charge in [-0.25, -0.2) is 9.48 Å². The van der Waals surface area contributed by atoms with Crippen LogP contribution >= 0.6 is 0 Å². The lowest BCUT2D eigenvalue weighted by Gasteiger charge is -1.97. The first-order valence-electron chi connectivity index (χ1n) is 4.04. The summed E-state index contributed by atoms with van der Waals surface area (Å²) in [5, 5.41) is 3.97. The number of amides is 1. The molecule has 0 aromatic carbocycles. The minimum absolute atomic E-state index is 0.183. The number of aromatic amines is 2. The maximum atomic E-state index is 11.3. The van der Waals surface area contributed by atoms with Gasteiger partial charge in [0.15, 0.2) is 0 Å². The maximum absolute atomic E-state index is 11.3. The summed E-state index contributed by atoms with van der Waals surface area (Å²) in [6.45, 7) is -0.192. The normalized spacial score (nSPS) is 10.7. The number of carbonyl (C=O) groups is 1. The number of hydrogen-bond acceptors (Lipinski definition) is 4. The lowest BCUT2D eigenvalue weighted by atomic mass is 10.4. The van der Waals surface area contributed by atoms with Crippen molar-refractivity contribution in [2.24, 2.45) is 5.73 Å². The zero-order valence-corrected chi connectivity index (χ0v) is 7.48. The van der Waals surface area contributed by atoms with E-state index in [1.807, 2.05) is 4.98 Å². The highest BCUT2D eigenvalue weighted by molar-refractivity contribution is 5.77. The third-order valence-electron chi connectivity index (χ3n) is 1.85. The molecule has 15 heavy (non-hydrogen) atoms. The molecule has 0 radical (unpaired) electrons. The zero-order chi connectivity index (χ0) is 11.0. The van der Waals surface area contributed by atoms with E-state index in [0.29, 0.717) is 0 Å². The summed E-state index contributed by atoms with van der Waals surface area (Å²) in [5.41, 5.74) is 3.95. The molecule has 0 bridgehead atoms. The molecule has 8 heteroatoms. The second-order valence-electron chi connectivity index (χ2n) is 2.94. The van der Waals surface area contributed by atoms with Crippen molar-refractivity contribution in [3.05, 3.63) is 27.0 Å². The van der Waals surface area contributed by atoms with Gasteiger partial charge in [0.1, 0.15) is 17.6 Å². The fourth-order valence-corrected chi connectivity index (χ4v) is 1.26. The number of nitrogens with two attached hydrogens (primary N) is 1. The predicted molar refractivity (Wildman–Crippen MR) is 50.2 cm³/mol. The van der Waals surface area contributed by atoms with Gasteiger partial charge in [0.05, 0.1) is 6.20 Å². The summed E-state index contributed by atoms with van der Waals surface area (Å²) >= 11 is 0. The largest absolute Gasteiger partial charge is 0.368 e. The molecule has 8 nitrogen and oxygen atoms in total. The Hall–Kier alpha value is -2.38. The van der Waals surface area contributed by atoms with Gasteiger partial charge in [-0.05, 0) is 0 Å². The Kier molecular flexibility index (Phi) is 1.89. The molecule has 0 saturated heterocycles. The SMILES string of the molecule is NC(=O)Cn1ncc2c(=O)[nH]c(=O)[nH]c21. The minimum Gasteiger partial charge on any atom is -0.368 e. The maximum Gasteiger partial charge on any atom is 0.327 e. The van der Waals surface area contributed by atoms with Gasteiger partial charge >= 0.3 is 5.69 Å². The Bertz CT molecular complexity index is 634. The molecule has 0 fully saturated rings. The van der Waals surface area contributed by atoms with Crippen molar-refractivity contribution in [1.82, 2.24) is 19.7 Å². The van der Waals surface area contributed by atoms with Crippen LogP contribution in [0.2, 0.25) is 0 Å². The molecule has 2 heterocycles. The molecule has 0 aliphatic carbocycles. The summed E-state index contributed by atoms with van der Waals surface area (Å²) < 4.78 is 1.16. The Morgan fingerprint density at radius 3 is 2.87 bits per heavy atom. The predicted octanol–water partition coefficient (Wildman–Crippen LogP) is -2.10. The van der Waals surface area contributed by atoms with E-state index in [0.717, 1.165) is 4.68 Å². The van der Waals surface area contributed by atoms with E-state index in [-0.39, 0.29) is 17.6 Å². The molecule has 0 aliphatic rings. The molecule has 0 spiro atoms. The zero-order valence-electron chi connectivity index (χ0n) is 7.48. The highest BCUT2D eigenvalue weighted by Gasteiger charge is 2.08. The van der Waals surface area contributed by atoms with Crippen LogP contribution in [0.3, 0.4) is 0 Å². The van der Waals surface area contributed by atoms with Gasteiger partial charge in [0.2, 0.25) is 5.91 Å². The lowest BCUT2D eigenvalue weighted by Crippen LogP contribution is -2.24. The number of nitrogens with zero attached hydrogens (tertiary/aromatic N) is 2. The van der Waals surface area contributed by atoms with E-state index in [1.165, 1.54) is 6.20 Å². The minimum atomic E-state index is -0.654. The van der Waals surface area contributed by atoms with Crippen LogP contribution in [0.25, 0.3) is 11.0 Å². The van der Waals surface area contributed by atoms with Crippen molar-refractivity contribution in [3.63, 3.8) is 0 Å². The van der Waals surface area contributed by atoms with Crippen LogP contribution < -0.4 is 17.0 Å². The topological polar surface area (TPSA) is 127 Å². The van der Waals surface area contributed by atoms with Crippen molar-refractivity contribution < 1.29 is 4.79 Å². The molecule has 2 aromatic rings. The first-order valence-corrected chi connectivity index (χ1v) is 4.04. The van der Waals surface area contributed by atoms with Crippen LogP contribution in [0, 0.1) is 0 Å². The summed E-state index contributed by atoms with van der Waals surface area (Å²) in [4.78, 5) is 37.3. The van der Waals surface area contributed by atoms with Crippen LogP contribution in [0.1, 0.15) is 0 Å². The molecule has 0 saturated carbocycles. The Morgan fingerprint density at radius 2 is 2.20 bits per heavy atom. The summed E-state index contributed by atoms with van der Waals surface area (Å²) in [7, 11) is 0. The second-order valence-corrected chi connectivity index (χ2v) is 2.94. The van der Waals surface area contributed by atoms with E-state index in [4.69, 9.17) is 5.73 Å². The van der Waals surface area contributed by atoms with Gasteiger partial charge in [0, 0.05) is 0 Å². The van der Waals surface area contributed by atoms with Crippen LogP contribution in [0.15, 0.2) is 15.8 Å². The monoisotopic (exact) mass is 209 g/mol. The van der Waals surface area contributed by atoms with Crippen molar-refractivity contribution in [2.75, 3.05) is 0 Å². The number of aromatic nitrogens is 4. The van der Waals surface area contributed by atoms with Crippen LogP contribution in [0.4, 0.5) is 0 Å². The van der Waals surface area contributed by atoms with E-state index in [2.05, 4.69) is 10.1 Å². The van der Waals surface area contributed by atoms with E-state index in [9.17, 15) is 14.4 Å². The number of nitrogens with one attached hydrogen (secondary N) is 2. The average Bonchev–Trinajstić information content (AvgIpc) is 2.48. The Labute approximate surface area is 81.7 Å². The molecule has 0 aliphatic heterocycles. The number of rotatable bonds is 2. The first-order chi connectivity index (χ1) is 7.08. The van der Waals surface area contributed by atoms with Gasteiger partial charge in [-0.3, -0.25) is 19.6 Å². The molecular formula is C7H7N5O3. The van der Waals surface area contributed by atoms with Crippen molar-refractivity contribution in [2.45, 2.75) is 6.54 Å². The quantitative estimate of drug-likeness (QED) is 0.523. The summed E-state index contributed by atoms with van der Waals surface area (Å²) in [5.74, 6) is -0.610. The number of primary amides is 1. The molecular weight excluding hydrogens is 202 g/mol. The average molecular weight is 209 g/mol. The molecule has 0 unspecified atom stereocenters. The Morgan fingerprint density at radius 1 is 1.47 bits per heavy atom. The standard InChI is InChI=1S/C7H7N5O3/c8-4(13)2-12-5-3(1-9-12)6(14)11-7(15)10-5/h1H,2H2,(H2,8,13)(H2,10,11,14,15).